The molecule has 3 aromatic carbocycles. The number of thioether (sulfide) groups is 1. The number of anilines is 2. The summed E-state index contributed by atoms with van der Waals surface area (Å²) in [7, 11) is 0. The second-order valence-electron chi connectivity index (χ2n) is 8.45. The second kappa shape index (κ2) is 10.4. The Bertz CT molecular complexity index is 1480. The number of hydrogen-bond acceptors (Lipinski definition) is 5. The summed E-state index contributed by atoms with van der Waals surface area (Å²) in [6, 6.07) is 22.3. The van der Waals surface area contributed by atoms with Gasteiger partial charge in [-0.1, -0.05) is 83.5 Å². The van der Waals surface area contributed by atoms with Crippen LogP contribution in [-0.2, 0) is 10.5 Å². The van der Waals surface area contributed by atoms with Gasteiger partial charge in [-0.2, -0.15) is 4.98 Å². The van der Waals surface area contributed by atoms with E-state index in [9.17, 15) is 4.79 Å². The number of aromatic nitrogens is 3. The van der Waals surface area contributed by atoms with Crippen molar-refractivity contribution in [3.63, 3.8) is 0 Å². The number of carbonyl (C=O) groups is 1. The highest BCUT2D eigenvalue weighted by Crippen LogP contribution is 2.39. The molecule has 0 saturated heterocycles. The molecule has 1 aliphatic rings. The number of rotatable bonds is 6. The summed E-state index contributed by atoms with van der Waals surface area (Å²) in [6.45, 7) is 3.85. The summed E-state index contributed by atoms with van der Waals surface area (Å²) in [6.07, 6.45) is 0. The molecule has 1 aromatic heterocycles. The van der Waals surface area contributed by atoms with Crippen molar-refractivity contribution in [3.8, 4) is 0 Å². The number of benzene rings is 3. The maximum Gasteiger partial charge on any atom is 0.255 e. The van der Waals surface area contributed by atoms with Crippen molar-refractivity contribution in [2.45, 2.75) is 30.8 Å². The number of halogens is 2. The lowest BCUT2D eigenvalue weighted by Gasteiger charge is -2.29. The molecule has 0 fully saturated rings. The zero-order valence-electron chi connectivity index (χ0n) is 19.6. The van der Waals surface area contributed by atoms with Crippen LogP contribution < -0.4 is 10.6 Å². The minimum absolute atomic E-state index is 0.234. The summed E-state index contributed by atoms with van der Waals surface area (Å²) >= 11 is 14.4. The number of fused-ring (bicyclic) bond motifs is 1. The molecule has 4 aromatic rings. The molecule has 1 aliphatic heterocycles. The first-order valence-corrected chi connectivity index (χ1v) is 13.1. The van der Waals surface area contributed by atoms with Crippen molar-refractivity contribution in [1.82, 2.24) is 14.8 Å². The molecule has 0 bridgehead atoms. The first-order chi connectivity index (χ1) is 17.4. The fraction of sp³-hybridized carbons (Fsp3) is 0.148. The number of carbonyl (C=O) groups excluding carboxylic acids is 1. The zero-order chi connectivity index (χ0) is 25.2. The highest BCUT2D eigenvalue weighted by atomic mass is 35.5. The van der Waals surface area contributed by atoms with Crippen LogP contribution in [0.25, 0.3) is 0 Å². The zero-order valence-corrected chi connectivity index (χ0v) is 22.0. The van der Waals surface area contributed by atoms with Gasteiger partial charge in [-0.05, 0) is 49.2 Å². The van der Waals surface area contributed by atoms with Gasteiger partial charge in [0.2, 0.25) is 11.1 Å². The smallest absolute Gasteiger partial charge is 0.255 e. The number of aryl methyl sites for hydroxylation is 1. The van der Waals surface area contributed by atoms with Crippen molar-refractivity contribution in [2.75, 3.05) is 10.6 Å². The van der Waals surface area contributed by atoms with Gasteiger partial charge >= 0.3 is 0 Å². The maximum absolute atomic E-state index is 13.6. The number of allylic oxidation sites excluding steroid dienone is 1. The van der Waals surface area contributed by atoms with E-state index in [2.05, 4.69) is 10.6 Å². The highest BCUT2D eigenvalue weighted by Gasteiger charge is 2.35. The Labute approximate surface area is 223 Å². The molecule has 1 unspecified atom stereocenters. The summed E-state index contributed by atoms with van der Waals surface area (Å²) in [4.78, 5) is 18.3. The number of nitrogens with zero attached hydrogens (tertiary/aromatic N) is 3. The lowest BCUT2D eigenvalue weighted by molar-refractivity contribution is -0.113. The van der Waals surface area contributed by atoms with Crippen molar-refractivity contribution < 1.29 is 4.79 Å². The molecule has 0 spiro atoms. The molecule has 6 nitrogen and oxygen atoms in total. The Hall–Kier alpha value is -3.26. The van der Waals surface area contributed by atoms with E-state index < -0.39 is 6.04 Å². The number of nitrogens with one attached hydrogen (secondary N) is 2. The molecular formula is C27H23Cl2N5OS. The van der Waals surface area contributed by atoms with E-state index in [1.54, 1.807) is 4.68 Å². The summed E-state index contributed by atoms with van der Waals surface area (Å²) < 4.78 is 1.73. The van der Waals surface area contributed by atoms with Crippen molar-refractivity contribution >= 4 is 52.5 Å². The largest absolute Gasteiger partial charge is 0.328 e. The number of hydrogen-bond donors (Lipinski definition) is 2. The van der Waals surface area contributed by atoms with E-state index >= 15 is 0 Å². The van der Waals surface area contributed by atoms with Gasteiger partial charge in [-0.3, -0.25) is 4.79 Å². The van der Waals surface area contributed by atoms with Gasteiger partial charge < -0.3 is 10.6 Å². The van der Waals surface area contributed by atoms with Gasteiger partial charge in [-0.15, -0.1) is 5.10 Å². The standard InChI is InChI=1S/C27H23Cl2N5OS/c1-16-8-7-10-19(14-16)31-25(35)23-17(2)30-26-32-27(36-15-18-9-3-5-12-21(18)28)33-34(26)24(23)20-11-4-6-13-22(20)29/h3-14,24H,15H2,1-2H3,(H,31,35)(H,30,32,33). The second-order valence-corrected chi connectivity index (χ2v) is 10.2. The fourth-order valence-corrected chi connectivity index (χ4v) is 5.50. The third-order valence-corrected chi connectivity index (χ3v) is 7.47. The summed E-state index contributed by atoms with van der Waals surface area (Å²) in [5.74, 6) is 0.931. The Morgan fingerprint density at radius 2 is 1.78 bits per heavy atom. The Kier molecular flexibility index (Phi) is 7.05. The molecule has 0 saturated carbocycles. The highest BCUT2D eigenvalue weighted by molar-refractivity contribution is 7.98. The molecule has 2 heterocycles. The van der Waals surface area contributed by atoms with Crippen LogP contribution >= 0.6 is 35.0 Å². The molecule has 0 aliphatic carbocycles. The van der Waals surface area contributed by atoms with E-state index in [4.69, 9.17) is 33.3 Å². The van der Waals surface area contributed by atoms with Crippen LogP contribution in [0.15, 0.2) is 89.2 Å². The Morgan fingerprint density at radius 1 is 1.03 bits per heavy atom. The quantitative estimate of drug-likeness (QED) is 0.257. The predicted molar refractivity (Wildman–Crippen MR) is 147 cm³/mol. The van der Waals surface area contributed by atoms with Crippen LogP contribution in [0, 0.1) is 6.92 Å². The number of amides is 1. The molecule has 5 rings (SSSR count). The maximum atomic E-state index is 13.6. The van der Waals surface area contributed by atoms with Gasteiger partial charge in [0, 0.05) is 32.7 Å². The van der Waals surface area contributed by atoms with E-state index in [0.29, 0.717) is 38.2 Å². The lowest BCUT2D eigenvalue weighted by Crippen LogP contribution is -2.31. The molecule has 2 N–H and O–H groups in total. The van der Waals surface area contributed by atoms with E-state index in [-0.39, 0.29) is 5.91 Å². The molecule has 1 atom stereocenters. The third-order valence-electron chi connectivity index (χ3n) is 5.87. The van der Waals surface area contributed by atoms with Gasteiger partial charge in [-0.25, -0.2) is 4.68 Å². The first-order valence-electron chi connectivity index (χ1n) is 11.3. The van der Waals surface area contributed by atoms with Crippen LogP contribution in [-0.4, -0.2) is 20.7 Å². The molecule has 9 heteroatoms. The van der Waals surface area contributed by atoms with Crippen molar-refractivity contribution in [3.05, 3.63) is 111 Å². The predicted octanol–water partition coefficient (Wildman–Crippen LogP) is 7.11. The van der Waals surface area contributed by atoms with Gasteiger partial charge in [0.1, 0.15) is 6.04 Å². The molecule has 182 valence electrons. The minimum atomic E-state index is -0.554. The molecule has 1 amide bonds. The van der Waals surface area contributed by atoms with Crippen LogP contribution in [0.2, 0.25) is 10.0 Å². The van der Waals surface area contributed by atoms with E-state index in [1.165, 1.54) is 11.8 Å². The first kappa shape index (κ1) is 24.4. The van der Waals surface area contributed by atoms with E-state index in [1.807, 2.05) is 86.6 Å². The Balaban J connectivity index is 1.51. The van der Waals surface area contributed by atoms with E-state index in [0.717, 1.165) is 22.4 Å². The molecule has 0 radical (unpaired) electrons. The average molecular weight is 536 g/mol. The van der Waals surface area contributed by atoms with Crippen molar-refractivity contribution in [1.29, 1.82) is 0 Å². The molecular weight excluding hydrogens is 513 g/mol. The van der Waals surface area contributed by atoms with Crippen molar-refractivity contribution in [2.24, 2.45) is 0 Å². The lowest BCUT2D eigenvalue weighted by atomic mass is 9.95. The van der Waals surface area contributed by atoms with Crippen LogP contribution in [0.5, 0.6) is 0 Å². The SMILES string of the molecule is CC1=C(C(=O)Nc2cccc(C)c2)C(c2ccccc2Cl)n2nc(SCc3ccccc3Cl)nc2N1. The minimum Gasteiger partial charge on any atom is -0.328 e. The van der Waals surface area contributed by atoms with Gasteiger partial charge in [0.25, 0.3) is 5.91 Å². The van der Waals surface area contributed by atoms with Crippen LogP contribution in [0.4, 0.5) is 11.6 Å². The van der Waals surface area contributed by atoms with Crippen LogP contribution in [0.1, 0.15) is 29.7 Å². The summed E-state index contributed by atoms with van der Waals surface area (Å²) in [5, 5.41) is 12.9. The third kappa shape index (κ3) is 5.00. The van der Waals surface area contributed by atoms with Gasteiger partial charge in [0.15, 0.2) is 0 Å². The topological polar surface area (TPSA) is 71.8 Å². The fourth-order valence-electron chi connectivity index (χ4n) is 4.15. The van der Waals surface area contributed by atoms with Gasteiger partial charge in [0.05, 0.1) is 5.57 Å². The van der Waals surface area contributed by atoms with Crippen LogP contribution in [0.3, 0.4) is 0 Å². The molecule has 36 heavy (non-hydrogen) atoms. The monoisotopic (exact) mass is 535 g/mol. The average Bonchev–Trinajstić information content (AvgIpc) is 3.25. The summed E-state index contributed by atoms with van der Waals surface area (Å²) in [5.41, 5.74) is 4.75. The Morgan fingerprint density at radius 3 is 2.53 bits per heavy atom. The normalized spacial score (nSPS) is 14.8.